The molecule has 2 unspecified atom stereocenters. The first-order chi connectivity index (χ1) is 35.7. The number of hydrogen-bond acceptors (Lipinski definition) is 4. The van der Waals surface area contributed by atoms with Crippen molar-refractivity contribution in [3.63, 3.8) is 0 Å². The number of nitrogens with zero attached hydrogens (tertiary/aromatic N) is 2. The number of fused-ring (bicyclic) bond motifs is 8. The Bertz CT molecular complexity index is 4060. The van der Waals surface area contributed by atoms with Crippen LogP contribution in [0.2, 0.25) is 0 Å². The molecule has 12 aromatic rings. The summed E-state index contributed by atoms with van der Waals surface area (Å²) in [6, 6.07) is 87.5. The van der Waals surface area contributed by atoms with Crippen molar-refractivity contribution in [1.82, 2.24) is 0 Å². The molecule has 0 bridgehead atoms. The molecule has 14 rings (SSSR count). The van der Waals surface area contributed by atoms with E-state index in [0.29, 0.717) is 0 Å². The molecule has 4 heteroatoms. The van der Waals surface area contributed by atoms with Crippen molar-refractivity contribution in [1.29, 1.82) is 0 Å². The second-order valence-electron chi connectivity index (χ2n) is 18.8. The lowest BCUT2D eigenvalue weighted by Crippen LogP contribution is -2.15. The third-order valence-corrected chi connectivity index (χ3v) is 14.6. The normalized spacial score (nSPS) is 14.7. The average molecular weight is 923 g/mol. The Morgan fingerprint density at radius 2 is 0.806 bits per heavy atom. The Hall–Kier alpha value is -9.38. The van der Waals surface area contributed by atoms with Gasteiger partial charge in [-0.2, -0.15) is 0 Å². The van der Waals surface area contributed by atoms with Crippen molar-refractivity contribution in [2.45, 2.75) is 12.0 Å². The van der Waals surface area contributed by atoms with Gasteiger partial charge in [-0.3, -0.25) is 0 Å². The molecule has 0 saturated heterocycles. The molecule has 72 heavy (non-hydrogen) atoms. The van der Waals surface area contributed by atoms with E-state index < -0.39 is 0 Å². The van der Waals surface area contributed by atoms with Gasteiger partial charge >= 0.3 is 0 Å². The van der Waals surface area contributed by atoms with Gasteiger partial charge in [0.25, 0.3) is 0 Å². The van der Waals surface area contributed by atoms with E-state index in [2.05, 4.69) is 265 Å². The molecule has 340 valence electrons. The third kappa shape index (κ3) is 7.15. The highest BCUT2D eigenvalue weighted by atomic mass is 16.5. The summed E-state index contributed by atoms with van der Waals surface area (Å²) >= 11 is 0. The maximum Gasteiger partial charge on any atom is 0.143 e. The lowest BCUT2D eigenvalue weighted by atomic mass is 9.90. The van der Waals surface area contributed by atoms with Gasteiger partial charge in [0.15, 0.2) is 0 Å². The molecule has 4 nitrogen and oxygen atoms in total. The Morgan fingerprint density at radius 1 is 0.347 bits per heavy atom. The quantitative estimate of drug-likeness (QED) is 0.144. The van der Waals surface area contributed by atoms with Crippen LogP contribution in [0, 0.1) is 0 Å². The van der Waals surface area contributed by atoms with E-state index in [1.807, 2.05) is 12.1 Å². The summed E-state index contributed by atoms with van der Waals surface area (Å²) in [5.41, 5.74) is 16.4. The fraction of sp³-hybridized carbons (Fsp3) is 0.0294. The minimum Gasteiger partial charge on any atom is -0.485 e. The van der Waals surface area contributed by atoms with Gasteiger partial charge in [0.05, 0.1) is 11.4 Å². The molecular weight excluding hydrogens is 877 g/mol. The minimum atomic E-state index is 0.0705. The fourth-order valence-electron chi connectivity index (χ4n) is 11.1. The molecule has 0 fully saturated rings. The summed E-state index contributed by atoms with van der Waals surface area (Å²) in [4.78, 5) is 4.75. The summed E-state index contributed by atoms with van der Waals surface area (Å²) in [5, 5.41) is 7.04. The Kier molecular flexibility index (Phi) is 9.95. The zero-order valence-corrected chi connectivity index (χ0v) is 39.3. The van der Waals surface area contributed by atoms with E-state index >= 15 is 0 Å². The van der Waals surface area contributed by atoms with E-state index in [4.69, 9.17) is 9.15 Å². The first-order valence-corrected chi connectivity index (χ1v) is 24.7. The van der Waals surface area contributed by atoms with Gasteiger partial charge in [-0.05, 0) is 124 Å². The zero-order chi connectivity index (χ0) is 47.5. The van der Waals surface area contributed by atoms with E-state index in [-0.39, 0.29) is 12.0 Å². The maximum absolute atomic E-state index is 6.45. The standard InChI is InChI=1S/C68H46N2O2/c1-3-16-56-48(12-1)14-9-22-63(56)69(54-39-30-47(31-40-54)51-34-43-67-62(44-51)60-19-6-7-24-65(60)71-67)52-35-26-45(27-36-52)46-28-37-53(38-29-46)70(64-23-10-15-49-13-2-4-17-57(49)64)55-41-32-50(33-42-55)58-20-11-21-61-59-18-5-8-25-66(59)72-68(58)61/h1-44,60,65H. The van der Waals surface area contributed by atoms with E-state index in [9.17, 15) is 0 Å². The first kappa shape index (κ1) is 41.6. The Morgan fingerprint density at radius 3 is 1.40 bits per heavy atom. The van der Waals surface area contributed by atoms with E-state index in [1.54, 1.807) is 0 Å². The molecule has 0 spiro atoms. The van der Waals surface area contributed by atoms with Gasteiger partial charge in [0, 0.05) is 61.3 Å². The van der Waals surface area contributed by atoms with Crippen molar-refractivity contribution < 1.29 is 9.15 Å². The van der Waals surface area contributed by atoms with Crippen molar-refractivity contribution >= 4 is 77.6 Å². The number of anilines is 6. The van der Waals surface area contributed by atoms with Crippen LogP contribution in [0.25, 0.3) is 76.9 Å². The van der Waals surface area contributed by atoms with Gasteiger partial charge in [0.2, 0.25) is 0 Å². The number of allylic oxidation sites excluding steroid dienone is 2. The smallest absolute Gasteiger partial charge is 0.143 e. The summed E-state index contributed by atoms with van der Waals surface area (Å²) < 4.78 is 12.7. The molecule has 2 heterocycles. The maximum atomic E-state index is 6.45. The van der Waals surface area contributed by atoms with Gasteiger partial charge in [-0.1, -0.05) is 182 Å². The largest absolute Gasteiger partial charge is 0.485 e. The molecule has 0 saturated carbocycles. The number of furan rings is 1. The third-order valence-electron chi connectivity index (χ3n) is 14.6. The molecule has 1 aromatic heterocycles. The van der Waals surface area contributed by atoms with E-state index in [1.165, 1.54) is 38.2 Å². The topological polar surface area (TPSA) is 28.9 Å². The number of benzene rings is 11. The Balaban J connectivity index is 0.796. The van der Waals surface area contributed by atoms with Crippen molar-refractivity contribution in [2.75, 3.05) is 9.80 Å². The van der Waals surface area contributed by atoms with Crippen LogP contribution >= 0.6 is 0 Å². The molecule has 11 aromatic carbocycles. The summed E-state index contributed by atoms with van der Waals surface area (Å²) in [6.07, 6.45) is 8.67. The molecule has 0 radical (unpaired) electrons. The van der Waals surface area contributed by atoms with Crippen LogP contribution in [0.5, 0.6) is 5.75 Å². The van der Waals surface area contributed by atoms with Crippen LogP contribution in [-0.2, 0) is 0 Å². The molecule has 1 aliphatic carbocycles. The number of para-hydroxylation sites is 2. The minimum absolute atomic E-state index is 0.0705. The molecule has 2 atom stereocenters. The van der Waals surface area contributed by atoms with Gasteiger partial charge < -0.3 is 19.0 Å². The average Bonchev–Trinajstić information content (AvgIpc) is 4.03. The highest BCUT2D eigenvalue weighted by Crippen LogP contribution is 2.46. The molecule has 1 aliphatic heterocycles. The van der Waals surface area contributed by atoms with Crippen molar-refractivity contribution in [3.8, 4) is 39.1 Å². The highest BCUT2D eigenvalue weighted by Gasteiger charge is 2.32. The SMILES string of the molecule is C1=CC2Oc3ccc(-c4ccc(N(c5ccc(-c6ccc(N(c7ccc(-c8cccc9c8oc8ccccc89)cc7)c7cccc8ccccc78)cc6)cc5)c5cccc6ccccc56)cc4)cc3C2C=C1. The van der Waals surface area contributed by atoms with Gasteiger partial charge in [-0.15, -0.1) is 0 Å². The van der Waals surface area contributed by atoms with Gasteiger partial charge in [-0.25, -0.2) is 0 Å². The summed E-state index contributed by atoms with van der Waals surface area (Å²) in [6.45, 7) is 0. The lowest BCUT2D eigenvalue weighted by Gasteiger charge is -2.28. The number of hydrogen-bond donors (Lipinski definition) is 0. The van der Waals surface area contributed by atoms with Crippen LogP contribution in [-0.4, -0.2) is 6.10 Å². The first-order valence-electron chi connectivity index (χ1n) is 24.7. The molecule has 0 amide bonds. The molecular formula is C68H46N2O2. The monoisotopic (exact) mass is 922 g/mol. The summed E-state index contributed by atoms with van der Waals surface area (Å²) in [5.74, 6) is 1.22. The van der Waals surface area contributed by atoms with Crippen molar-refractivity contribution in [3.05, 3.63) is 273 Å². The van der Waals surface area contributed by atoms with Crippen LogP contribution in [0.15, 0.2) is 271 Å². The number of ether oxygens (including phenoxy) is 1. The molecule has 2 aliphatic rings. The van der Waals surface area contributed by atoms with Crippen LogP contribution < -0.4 is 14.5 Å². The predicted molar refractivity (Wildman–Crippen MR) is 300 cm³/mol. The fourth-order valence-corrected chi connectivity index (χ4v) is 11.1. The zero-order valence-electron chi connectivity index (χ0n) is 39.3. The van der Waals surface area contributed by atoms with Crippen LogP contribution in [0.3, 0.4) is 0 Å². The van der Waals surface area contributed by atoms with E-state index in [0.717, 1.165) is 84.1 Å². The Labute approximate surface area is 418 Å². The summed E-state index contributed by atoms with van der Waals surface area (Å²) in [7, 11) is 0. The second-order valence-corrected chi connectivity index (χ2v) is 18.8. The molecule has 0 N–H and O–H groups in total. The van der Waals surface area contributed by atoms with Gasteiger partial charge in [0.1, 0.15) is 23.0 Å². The van der Waals surface area contributed by atoms with Crippen LogP contribution in [0.4, 0.5) is 34.1 Å². The van der Waals surface area contributed by atoms with Crippen molar-refractivity contribution in [2.24, 2.45) is 0 Å². The lowest BCUT2D eigenvalue weighted by molar-refractivity contribution is 0.269. The highest BCUT2D eigenvalue weighted by molar-refractivity contribution is 6.10. The predicted octanol–water partition coefficient (Wildman–Crippen LogP) is 18.8. The number of rotatable bonds is 9. The second kappa shape index (κ2) is 17.2. The van der Waals surface area contributed by atoms with Crippen LogP contribution in [0.1, 0.15) is 11.5 Å².